The molecule has 4 nitrogen and oxygen atoms in total. The lowest BCUT2D eigenvalue weighted by atomic mass is 10.0. The van der Waals surface area contributed by atoms with Crippen molar-refractivity contribution in [3.05, 3.63) is 59.7 Å². The molecule has 2 N–H and O–H groups in total. The zero-order chi connectivity index (χ0) is 18.0. The topological polar surface area (TPSA) is 48.1 Å². The largest absolute Gasteiger partial charge is 0.354 e. The predicted molar refractivity (Wildman–Crippen MR) is 93.8 cm³/mol. The van der Waals surface area contributed by atoms with Gasteiger partial charge in [-0.1, -0.05) is 0 Å². The van der Waals surface area contributed by atoms with Crippen molar-refractivity contribution >= 4 is 16.8 Å². The lowest BCUT2D eigenvalue weighted by Gasteiger charge is -2.12. The van der Waals surface area contributed by atoms with Gasteiger partial charge in [0.25, 0.3) is 0 Å². The van der Waals surface area contributed by atoms with E-state index in [-0.39, 0.29) is 24.0 Å². The Morgan fingerprint density at radius 1 is 1.08 bits per heavy atom. The molecule has 1 aromatic heterocycles. The van der Waals surface area contributed by atoms with E-state index in [2.05, 4.69) is 10.4 Å². The summed E-state index contributed by atoms with van der Waals surface area (Å²) in [6.07, 6.45) is 0.700. The Hall–Kier alpha value is -2.73. The van der Waals surface area contributed by atoms with E-state index >= 15 is 0 Å². The van der Waals surface area contributed by atoms with E-state index in [1.165, 1.54) is 24.3 Å². The fraction of sp³-hybridized carbons (Fsp3) is 0.211. The van der Waals surface area contributed by atoms with Crippen LogP contribution in [0.3, 0.4) is 0 Å². The van der Waals surface area contributed by atoms with Crippen molar-refractivity contribution in [1.82, 2.24) is 15.4 Å². The molecule has 0 spiro atoms. The molecule has 130 valence electrons. The van der Waals surface area contributed by atoms with E-state index in [0.29, 0.717) is 6.42 Å². The summed E-state index contributed by atoms with van der Waals surface area (Å²) in [5, 5.41) is 2.31. The van der Waals surface area contributed by atoms with Crippen LogP contribution >= 0.6 is 0 Å². The van der Waals surface area contributed by atoms with E-state index in [4.69, 9.17) is 0 Å². The van der Waals surface area contributed by atoms with E-state index in [9.17, 15) is 13.6 Å². The highest BCUT2D eigenvalue weighted by Crippen LogP contribution is 2.32. The van der Waals surface area contributed by atoms with Crippen LogP contribution < -0.4 is 5.43 Å². The summed E-state index contributed by atoms with van der Waals surface area (Å²) in [4.78, 5) is 15.2. The number of hydrogen-bond donors (Lipinski definition) is 2. The number of fused-ring (bicyclic) bond motifs is 1. The fourth-order valence-electron chi connectivity index (χ4n) is 2.89. The van der Waals surface area contributed by atoms with Crippen molar-refractivity contribution in [3.8, 4) is 11.3 Å². The number of amides is 1. The molecule has 0 radical (unpaired) electrons. The normalized spacial score (nSPS) is 11.2. The summed E-state index contributed by atoms with van der Waals surface area (Å²) in [6, 6.07) is 10.6. The number of hydrogen-bond acceptors (Lipinski definition) is 2. The predicted octanol–water partition coefficient (Wildman–Crippen LogP) is 3.64. The number of aromatic amines is 1. The van der Waals surface area contributed by atoms with Crippen LogP contribution in [0.2, 0.25) is 0 Å². The molecule has 0 unspecified atom stereocenters. The van der Waals surface area contributed by atoms with Gasteiger partial charge in [-0.25, -0.2) is 13.8 Å². The monoisotopic (exact) mass is 343 g/mol. The summed E-state index contributed by atoms with van der Waals surface area (Å²) >= 11 is 0. The number of nitrogens with zero attached hydrogens (tertiary/aromatic N) is 1. The minimum Gasteiger partial charge on any atom is -0.354 e. The van der Waals surface area contributed by atoms with Crippen LogP contribution in [0, 0.1) is 11.6 Å². The number of benzene rings is 2. The molecular formula is C19H19F2N3O. The Balaban J connectivity index is 2.00. The molecule has 0 atom stereocenters. The molecular weight excluding hydrogens is 324 g/mol. The van der Waals surface area contributed by atoms with Crippen molar-refractivity contribution in [2.45, 2.75) is 12.8 Å². The molecule has 6 heteroatoms. The molecule has 2 aromatic carbocycles. The SMILES string of the molecule is CN(C)NC(=O)CCc1c(-c2ccc(F)cc2)[nH]c2ccc(F)cc12. The van der Waals surface area contributed by atoms with Gasteiger partial charge in [0.05, 0.1) is 0 Å². The molecule has 0 fully saturated rings. The average molecular weight is 343 g/mol. The van der Waals surface area contributed by atoms with Crippen molar-refractivity contribution in [2.75, 3.05) is 14.1 Å². The van der Waals surface area contributed by atoms with Crippen molar-refractivity contribution in [1.29, 1.82) is 0 Å². The Kier molecular flexibility index (Phi) is 4.81. The molecule has 25 heavy (non-hydrogen) atoms. The van der Waals surface area contributed by atoms with Crippen LogP contribution in [0.1, 0.15) is 12.0 Å². The maximum absolute atomic E-state index is 13.7. The lowest BCUT2D eigenvalue weighted by molar-refractivity contribution is -0.124. The standard InChI is InChI=1S/C19H19F2N3O/c1-24(2)23-18(25)10-8-15-16-11-14(21)7-9-17(16)22-19(15)12-3-5-13(20)6-4-12/h3-7,9,11,22H,8,10H2,1-2H3,(H,23,25). The first kappa shape index (κ1) is 17.1. The first-order chi connectivity index (χ1) is 11.9. The quantitative estimate of drug-likeness (QED) is 0.695. The number of halogens is 2. The number of carbonyl (C=O) groups excluding carboxylic acids is 1. The smallest absolute Gasteiger partial charge is 0.234 e. The molecule has 0 aliphatic rings. The second-order valence-corrected chi connectivity index (χ2v) is 6.10. The fourth-order valence-corrected chi connectivity index (χ4v) is 2.89. The van der Waals surface area contributed by atoms with Crippen molar-refractivity contribution < 1.29 is 13.6 Å². The molecule has 3 aromatic rings. The molecule has 0 saturated carbocycles. The van der Waals surface area contributed by atoms with Crippen molar-refractivity contribution in [3.63, 3.8) is 0 Å². The van der Waals surface area contributed by atoms with Crippen LogP contribution in [-0.2, 0) is 11.2 Å². The highest BCUT2D eigenvalue weighted by atomic mass is 19.1. The zero-order valence-electron chi connectivity index (χ0n) is 14.1. The molecule has 1 heterocycles. The number of H-pyrrole nitrogens is 1. The maximum Gasteiger partial charge on any atom is 0.234 e. The molecule has 1 amide bonds. The van der Waals surface area contributed by atoms with Gasteiger partial charge in [-0.2, -0.15) is 0 Å². The summed E-state index contributed by atoms with van der Waals surface area (Å²) < 4.78 is 26.9. The van der Waals surface area contributed by atoms with E-state index < -0.39 is 0 Å². The third-order valence-corrected chi connectivity index (χ3v) is 3.95. The number of aromatic nitrogens is 1. The number of carbonyl (C=O) groups is 1. The minimum atomic E-state index is -0.337. The number of aryl methyl sites for hydroxylation is 1. The first-order valence-corrected chi connectivity index (χ1v) is 7.97. The molecule has 0 bridgehead atoms. The summed E-state index contributed by atoms with van der Waals surface area (Å²) in [6.45, 7) is 0. The van der Waals surface area contributed by atoms with Gasteiger partial charge in [0, 0.05) is 37.1 Å². The van der Waals surface area contributed by atoms with E-state index in [1.54, 1.807) is 37.3 Å². The van der Waals surface area contributed by atoms with E-state index in [1.807, 2.05) is 0 Å². The average Bonchev–Trinajstić information content (AvgIpc) is 2.90. The zero-order valence-corrected chi connectivity index (χ0v) is 14.1. The van der Waals surface area contributed by atoms with Gasteiger partial charge in [0.2, 0.25) is 5.91 Å². The van der Waals surface area contributed by atoms with Gasteiger partial charge in [-0.15, -0.1) is 0 Å². The second-order valence-electron chi connectivity index (χ2n) is 6.10. The van der Waals surface area contributed by atoms with Gasteiger partial charge in [-0.05, 0) is 60.0 Å². The van der Waals surface area contributed by atoms with Crippen LogP contribution in [0.4, 0.5) is 8.78 Å². The number of hydrazine groups is 1. The second kappa shape index (κ2) is 7.03. The van der Waals surface area contributed by atoms with Crippen molar-refractivity contribution in [2.24, 2.45) is 0 Å². The summed E-state index contributed by atoms with van der Waals surface area (Å²) in [5.74, 6) is -0.783. The van der Waals surface area contributed by atoms with Gasteiger partial charge in [0.1, 0.15) is 11.6 Å². The summed E-state index contributed by atoms with van der Waals surface area (Å²) in [7, 11) is 3.48. The van der Waals surface area contributed by atoms with Crippen LogP contribution in [-0.4, -0.2) is 30.0 Å². The molecule has 0 aliphatic carbocycles. The Morgan fingerprint density at radius 3 is 2.44 bits per heavy atom. The first-order valence-electron chi connectivity index (χ1n) is 7.97. The van der Waals surface area contributed by atoms with E-state index in [0.717, 1.165) is 27.7 Å². The van der Waals surface area contributed by atoms with Crippen LogP contribution in [0.15, 0.2) is 42.5 Å². The third-order valence-electron chi connectivity index (χ3n) is 3.95. The van der Waals surface area contributed by atoms with Gasteiger partial charge in [-0.3, -0.25) is 10.2 Å². The number of rotatable bonds is 5. The third kappa shape index (κ3) is 3.85. The van der Waals surface area contributed by atoms with Crippen LogP contribution in [0.5, 0.6) is 0 Å². The molecule has 0 saturated heterocycles. The van der Waals surface area contributed by atoms with Gasteiger partial charge < -0.3 is 4.98 Å². The highest BCUT2D eigenvalue weighted by Gasteiger charge is 2.15. The van der Waals surface area contributed by atoms with Crippen LogP contribution in [0.25, 0.3) is 22.2 Å². The number of nitrogens with one attached hydrogen (secondary N) is 2. The maximum atomic E-state index is 13.7. The van der Waals surface area contributed by atoms with Gasteiger partial charge >= 0.3 is 0 Å². The summed E-state index contributed by atoms with van der Waals surface area (Å²) in [5.41, 5.74) is 5.88. The highest BCUT2D eigenvalue weighted by molar-refractivity contribution is 5.91. The Bertz CT molecular complexity index is 901. The molecule has 3 rings (SSSR count). The Morgan fingerprint density at radius 2 is 1.76 bits per heavy atom. The Labute approximate surface area is 144 Å². The lowest BCUT2D eigenvalue weighted by Crippen LogP contribution is -2.36. The minimum absolute atomic E-state index is 0.124. The van der Waals surface area contributed by atoms with Gasteiger partial charge in [0.15, 0.2) is 0 Å². The molecule has 0 aliphatic heterocycles.